The lowest BCUT2D eigenvalue weighted by Crippen LogP contribution is -2.45. The number of hydrogen-bond acceptors (Lipinski definition) is 7. The van der Waals surface area contributed by atoms with Gasteiger partial charge in [0, 0.05) is 35.8 Å². The van der Waals surface area contributed by atoms with Gasteiger partial charge in [-0.3, -0.25) is 5.01 Å². The lowest BCUT2D eigenvalue weighted by Gasteiger charge is -2.23. The Hall–Kier alpha value is -2.53. The zero-order valence-corrected chi connectivity index (χ0v) is 16.7. The molecule has 1 aliphatic rings. The first kappa shape index (κ1) is 20.2. The van der Waals surface area contributed by atoms with Gasteiger partial charge in [-0.2, -0.15) is 18.2 Å². The molecule has 0 saturated heterocycles. The zero-order valence-electron chi connectivity index (χ0n) is 15.1. The Morgan fingerprint density at radius 2 is 1.82 bits per heavy atom. The zero-order chi connectivity index (χ0) is 20.5. The topological polar surface area (TPSA) is 71.5 Å². The first-order chi connectivity index (χ1) is 13.2. The first-order valence-corrected chi connectivity index (χ1v) is 8.84. The van der Waals surface area contributed by atoms with Crippen LogP contribution in [-0.2, 0) is 0 Å². The van der Waals surface area contributed by atoms with Crippen LogP contribution in [0.25, 0.3) is 0 Å². The van der Waals surface area contributed by atoms with E-state index in [1.165, 1.54) is 25.4 Å². The molecule has 0 saturated carbocycles. The summed E-state index contributed by atoms with van der Waals surface area (Å²) in [6.45, 7) is 1.56. The lowest BCUT2D eigenvalue weighted by atomic mass is 10.3. The van der Waals surface area contributed by atoms with Crippen LogP contribution in [0.3, 0.4) is 0 Å². The van der Waals surface area contributed by atoms with E-state index in [0.717, 1.165) is 6.08 Å². The molecule has 1 aromatic carbocycles. The van der Waals surface area contributed by atoms with Crippen LogP contribution < -0.4 is 25.2 Å². The molecule has 2 aromatic rings. The molecule has 2 heterocycles. The Labute approximate surface area is 167 Å². The number of halogens is 4. The summed E-state index contributed by atoms with van der Waals surface area (Å²) in [4.78, 5) is 8.49. The SMILES string of the molecule is COc1cc(Nc2ncc(Br)c(N3NC(C(F)(F)F)C=C3C)n2)cc(OC)c1. The molecular formula is C17H17BrF3N5O2. The molecule has 28 heavy (non-hydrogen) atoms. The van der Waals surface area contributed by atoms with Gasteiger partial charge in [-0.1, -0.05) is 0 Å². The summed E-state index contributed by atoms with van der Waals surface area (Å²) >= 11 is 3.29. The van der Waals surface area contributed by atoms with E-state index < -0.39 is 12.2 Å². The molecule has 7 nitrogen and oxygen atoms in total. The minimum atomic E-state index is -4.41. The first-order valence-electron chi connectivity index (χ1n) is 8.05. The fourth-order valence-corrected chi connectivity index (χ4v) is 2.94. The van der Waals surface area contributed by atoms with Crippen molar-refractivity contribution < 1.29 is 22.6 Å². The molecule has 11 heteroatoms. The van der Waals surface area contributed by atoms with Crippen LogP contribution in [0.2, 0.25) is 0 Å². The van der Waals surface area contributed by atoms with E-state index in [1.807, 2.05) is 0 Å². The molecule has 0 amide bonds. The second kappa shape index (κ2) is 7.84. The van der Waals surface area contributed by atoms with E-state index in [1.54, 1.807) is 25.1 Å². The van der Waals surface area contributed by atoms with E-state index >= 15 is 0 Å². The normalized spacial score (nSPS) is 16.8. The molecule has 0 spiro atoms. The Kier molecular flexibility index (Phi) is 5.66. The van der Waals surface area contributed by atoms with Gasteiger partial charge < -0.3 is 14.8 Å². The number of hydrogen-bond donors (Lipinski definition) is 2. The fourth-order valence-electron chi connectivity index (χ4n) is 2.57. The molecule has 1 aromatic heterocycles. The van der Waals surface area contributed by atoms with Gasteiger partial charge in [-0.25, -0.2) is 10.4 Å². The summed E-state index contributed by atoms with van der Waals surface area (Å²) in [5, 5.41) is 4.27. The Bertz CT molecular complexity index is 885. The minimum Gasteiger partial charge on any atom is -0.497 e. The maximum atomic E-state index is 13.0. The van der Waals surface area contributed by atoms with Crippen molar-refractivity contribution >= 4 is 33.4 Å². The third-order valence-electron chi connectivity index (χ3n) is 3.93. The molecule has 1 aliphatic heterocycles. The van der Waals surface area contributed by atoms with Gasteiger partial charge in [0.25, 0.3) is 0 Å². The van der Waals surface area contributed by atoms with E-state index in [9.17, 15) is 13.2 Å². The number of hydrazine groups is 1. The Balaban J connectivity index is 1.88. The summed E-state index contributed by atoms with van der Waals surface area (Å²) in [6.07, 6.45) is -1.86. The number of nitrogens with zero attached hydrogens (tertiary/aromatic N) is 3. The maximum absolute atomic E-state index is 13.0. The standard InChI is InChI=1S/C17H17BrF3N5O2/c1-9-4-14(17(19,20)21)25-26(9)15-13(18)8-22-16(24-15)23-10-5-11(27-2)7-12(6-10)28-3/h4-8,14,25H,1-3H3,(H,22,23,24). The highest BCUT2D eigenvalue weighted by Gasteiger charge is 2.43. The lowest BCUT2D eigenvalue weighted by molar-refractivity contribution is -0.142. The number of ether oxygens (including phenoxy) is 2. The van der Waals surface area contributed by atoms with Crippen LogP contribution >= 0.6 is 15.9 Å². The monoisotopic (exact) mass is 459 g/mol. The summed E-state index contributed by atoms with van der Waals surface area (Å²) in [7, 11) is 3.05. The van der Waals surface area contributed by atoms with Crippen molar-refractivity contribution in [3.8, 4) is 11.5 Å². The number of rotatable bonds is 5. The number of aromatic nitrogens is 2. The quantitative estimate of drug-likeness (QED) is 0.695. The second-order valence-electron chi connectivity index (χ2n) is 5.88. The molecule has 0 aliphatic carbocycles. The van der Waals surface area contributed by atoms with E-state index in [4.69, 9.17) is 9.47 Å². The molecule has 150 valence electrons. The summed E-state index contributed by atoms with van der Waals surface area (Å²) in [5.41, 5.74) is 3.36. The van der Waals surface area contributed by atoms with E-state index in [-0.39, 0.29) is 11.8 Å². The van der Waals surface area contributed by atoms with Crippen LogP contribution in [0.5, 0.6) is 11.5 Å². The third kappa shape index (κ3) is 4.30. The largest absolute Gasteiger partial charge is 0.497 e. The van der Waals surface area contributed by atoms with Crippen molar-refractivity contribution in [2.24, 2.45) is 0 Å². The summed E-state index contributed by atoms with van der Waals surface area (Å²) in [6, 6.07) is 3.35. The summed E-state index contributed by atoms with van der Waals surface area (Å²) in [5.74, 6) is 1.56. The maximum Gasteiger partial charge on any atom is 0.409 e. The van der Waals surface area contributed by atoms with Crippen LogP contribution in [0.1, 0.15) is 6.92 Å². The minimum absolute atomic E-state index is 0.193. The predicted molar refractivity (Wildman–Crippen MR) is 102 cm³/mol. The van der Waals surface area contributed by atoms with Crippen LogP contribution in [0.4, 0.5) is 30.6 Å². The molecule has 0 bridgehead atoms. The number of nitrogens with one attached hydrogen (secondary N) is 2. The van der Waals surface area contributed by atoms with Crippen molar-refractivity contribution in [2.45, 2.75) is 19.1 Å². The fraction of sp³-hybridized carbons (Fsp3) is 0.294. The van der Waals surface area contributed by atoms with Crippen molar-refractivity contribution in [1.29, 1.82) is 0 Å². The molecular weight excluding hydrogens is 443 g/mol. The van der Waals surface area contributed by atoms with Gasteiger partial charge in [0.05, 0.1) is 18.7 Å². The average Bonchev–Trinajstić information content (AvgIpc) is 3.05. The molecule has 0 fully saturated rings. The number of alkyl halides is 3. The van der Waals surface area contributed by atoms with Crippen LogP contribution in [0, 0.1) is 0 Å². The van der Waals surface area contributed by atoms with Crippen molar-refractivity contribution in [1.82, 2.24) is 15.4 Å². The highest BCUT2D eigenvalue weighted by atomic mass is 79.9. The highest BCUT2D eigenvalue weighted by molar-refractivity contribution is 9.10. The number of anilines is 3. The molecule has 3 rings (SSSR count). The molecule has 0 radical (unpaired) electrons. The van der Waals surface area contributed by atoms with Gasteiger partial charge in [-0.05, 0) is 28.9 Å². The molecule has 2 N–H and O–H groups in total. The van der Waals surface area contributed by atoms with Crippen LogP contribution in [-0.4, -0.2) is 36.4 Å². The van der Waals surface area contributed by atoms with Gasteiger partial charge >= 0.3 is 6.18 Å². The average molecular weight is 460 g/mol. The molecule has 1 unspecified atom stereocenters. The molecule has 1 atom stereocenters. The Morgan fingerprint density at radius 1 is 1.18 bits per heavy atom. The van der Waals surface area contributed by atoms with Crippen molar-refractivity contribution in [2.75, 3.05) is 24.5 Å². The predicted octanol–water partition coefficient (Wildman–Crippen LogP) is 4.16. The number of allylic oxidation sites excluding steroid dienone is 1. The Morgan fingerprint density at radius 3 is 2.36 bits per heavy atom. The second-order valence-corrected chi connectivity index (χ2v) is 6.74. The third-order valence-corrected chi connectivity index (χ3v) is 4.49. The number of benzene rings is 1. The van der Waals surface area contributed by atoms with Gasteiger partial charge in [0.15, 0.2) is 5.82 Å². The smallest absolute Gasteiger partial charge is 0.409 e. The van der Waals surface area contributed by atoms with E-state index in [2.05, 4.69) is 36.6 Å². The van der Waals surface area contributed by atoms with Crippen molar-refractivity contribution in [3.63, 3.8) is 0 Å². The van der Waals surface area contributed by atoms with Crippen molar-refractivity contribution in [3.05, 3.63) is 40.6 Å². The van der Waals surface area contributed by atoms with Gasteiger partial charge in [0.2, 0.25) is 5.95 Å². The van der Waals surface area contributed by atoms with Gasteiger partial charge in [-0.15, -0.1) is 0 Å². The highest BCUT2D eigenvalue weighted by Crippen LogP contribution is 2.33. The van der Waals surface area contributed by atoms with Gasteiger partial charge in [0.1, 0.15) is 17.5 Å². The number of methoxy groups -OCH3 is 2. The van der Waals surface area contributed by atoms with E-state index in [0.29, 0.717) is 27.4 Å². The van der Waals surface area contributed by atoms with Crippen LogP contribution in [0.15, 0.2) is 40.6 Å². The summed E-state index contributed by atoms with van der Waals surface area (Å²) < 4.78 is 49.9.